The van der Waals surface area contributed by atoms with E-state index < -0.39 is 0 Å². The monoisotopic (exact) mass is 378 g/mol. The maximum Gasteiger partial charge on any atom is 0.227 e. The van der Waals surface area contributed by atoms with Gasteiger partial charge >= 0.3 is 0 Å². The number of hydrogen-bond acceptors (Lipinski definition) is 6. The van der Waals surface area contributed by atoms with Crippen molar-refractivity contribution in [2.75, 3.05) is 45.9 Å². The van der Waals surface area contributed by atoms with Gasteiger partial charge < -0.3 is 24.8 Å². The molecular formula is C19H30N4O4. The Morgan fingerprint density at radius 1 is 1.22 bits per heavy atom. The van der Waals surface area contributed by atoms with Crippen LogP contribution in [-0.2, 0) is 20.7 Å². The first-order chi connectivity index (χ1) is 13.1. The van der Waals surface area contributed by atoms with Crippen molar-refractivity contribution < 1.29 is 18.8 Å². The molecule has 0 saturated carbocycles. The van der Waals surface area contributed by atoms with E-state index in [2.05, 4.69) is 15.8 Å². The number of piperidine rings is 1. The average molecular weight is 378 g/mol. The number of ether oxygens (including phenoxy) is 1. The number of rotatable bonds is 6. The van der Waals surface area contributed by atoms with E-state index in [9.17, 15) is 9.59 Å². The van der Waals surface area contributed by atoms with Gasteiger partial charge in [0, 0.05) is 38.3 Å². The molecule has 1 aromatic heterocycles. The minimum atomic E-state index is -0.159. The van der Waals surface area contributed by atoms with Crippen molar-refractivity contribution in [3.63, 3.8) is 0 Å². The van der Waals surface area contributed by atoms with E-state index in [1.807, 2.05) is 18.7 Å². The van der Waals surface area contributed by atoms with Gasteiger partial charge in [-0.1, -0.05) is 5.16 Å². The van der Waals surface area contributed by atoms with Gasteiger partial charge in [-0.3, -0.25) is 9.59 Å². The minimum absolute atomic E-state index is 0.0285. The molecule has 27 heavy (non-hydrogen) atoms. The molecule has 3 rings (SSSR count). The normalized spacial score (nSPS) is 23.3. The van der Waals surface area contributed by atoms with Gasteiger partial charge in [-0.2, -0.15) is 0 Å². The van der Waals surface area contributed by atoms with Crippen LogP contribution in [0.2, 0.25) is 0 Å². The summed E-state index contributed by atoms with van der Waals surface area (Å²) in [4.78, 5) is 27.0. The van der Waals surface area contributed by atoms with E-state index in [-0.39, 0.29) is 23.7 Å². The Bertz CT molecular complexity index is 635. The molecule has 8 heteroatoms. The topological polar surface area (TPSA) is 96.7 Å². The Hall–Kier alpha value is -1.93. The van der Waals surface area contributed by atoms with Crippen molar-refractivity contribution in [2.24, 2.45) is 11.8 Å². The first-order valence-electron chi connectivity index (χ1n) is 9.83. The summed E-state index contributed by atoms with van der Waals surface area (Å²) in [7, 11) is 0. The van der Waals surface area contributed by atoms with Crippen molar-refractivity contribution in [3.05, 3.63) is 17.0 Å². The first-order valence-corrected chi connectivity index (χ1v) is 9.83. The third-order valence-electron chi connectivity index (χ3n) is 5.48. The van der Waals surface area contributed by atoms with Crippen LogP contribution >= 0.6 is 0 Å². The number of carbonyl (C=O) groups is 2. The Kier molecular flexibility index (Phi) is 6.84. The number of aryl methyl sites for hydroxylation is 2. The quantitative estimate of drug-likeness (QED) is 0.697. The Balaban J connectivity index is 1.42. The lowest BCUT2D eigenvalue weighted by atomic mass is 9.88. The van der Waals surface area contributed by atoms with E-state index in [0.29, 0.717) is 52.4 Å². The average Bonchev–Trinajstić information content (AvgIpc) is 3.03. The lowest BCUT2D eigenvalue weighted by Crippen LogP contribution is -2.51. The molecule has 0 aliphatic carbocycles. The summed E-state index contributed by atoms with van der Waals surface area (Å²) in [5.74, 6) is 0.727. The molecule has 2 aliphatic rings. The first kappa shape index (κ1) is 19.8. The zero-order valence-electron chi connectivity index (χ0n) is 16.3. The van der Waals surface area contributed by atoms with Crippen LogP contribution in [0, 0.1) is 25.7 Å². The van der Waals surface area contributed by atoms with E-state index in [1.165, 1.54) is 0 Å². The molecule has 0 unspecified atom stereocenters. The second-order valence-corrected chi connectivity index (χ2v) is 7.42. The molecule has 8 nitrogen and oxygen atoms in total. The fourth-order valence-electron chi connectivity index (χ4n) is 3.85. The molecule has 3 heterocycles. The van der Waals surface area contributed by atoms with Gasteiger partial charge in [0.05, 0.1) is 30.7 Å². The molecule has 2 amide bonds. The minimum Gasteiger partial charge on any atom is -0.378 e. The van der Waals surface area contributed by atoms with Crippen molar-refractivity contribution in [3.8, 4) is 0 Å². The van der Waals surface area contributed by atoms with E-state index >= 15 is 0 Å². The Morgan fingerprint density at radius 3 is 2.67 bits per heavy atom. The molecular weight excluding hydrogens is 348 g/mol. The van der Waals surface area contributed by atoms with Crippen LogP contribution in [0.1, 0.15) is 29.9 Å². The largest absolute Gasteiger partial charge is 0.378 e. The SMILES string of the molecule is Cc1noc(C)c1CCCNC(=O)[C@@H]1CNC[C@H](C(=O)N2CCOCC2)C1. The molecule has 0 spiro atoms. The summed E-state index contributed by atoms with van der Waals surface area (Å²) >= 11 is 0. The van der Waals surface area contributed by atoms with Crippen molar-refractivity contribution in [2.45, 2.75) is 33.1 Å². The number of nitrogens with one attached hydrogen (secondary N) is 2. The van der Waals surface area contributed by atoms with Crippen molar-refractivity contribution >= 4 is 11.8 Å². The molecule has 2 N–H and O–H groups in total. The maximum atomic E-state index is 12.7. The summed E-state index contributed by atoms with van der Waals surface area (Å²) in [6, 6.07) is 0. The van der Waals surface area contributed by atoms with Gasteiger partial charge in [0.15, 0.2) is 0 Å². The highest BCUT2D eigenvalue weighted by molar-refractivity contribution is 5.83. The second kappa shape index (κ2) is 9.32. The van der Waals surface area contributed by atoms with Crippen LogP contribution in [0.25, 0.3) is 0 Å². The predicted octanol–water partition coefficient (Wildman–Crippen LogP) is 0.425. The van der Waals surface area contributed by atoms with Gasteiger partial charge in [0.2, 0.25) is 11.8 Å². The second-order valence-electron chi connectivity index (χ2n) is 7.42. The number of morpholine rings is 1. The summed E-state index contributed by atoms with van der Waals surface area (Å²) < 4.78 is 10.5. The molecule has 0 aromatic carbocycles. The lowest BCUT2D eigenvalue weighted by molar-refractivity contribution is -0.141. The van der Waals surface area contributed by atoms with Crippen LogP contribution in [0.15, 0.2) is 4.52 Å². The molecule has 2 atom stereocenters. The number of hydrogen-bond donors (Lipinski definition) is 2. The zero-order valence-corrected chi connectivity index (χ0v) is 16.3. The molecule has 2 aliphatic heterocycles. The summed E-state index contributed by atoms with van der Waals surface area (Å²) in [5, 5.41) is 10.2. The van der Waals surface area contributed by atoms with E-state index in [1.54, 1.807) is 0 Å². The van der Waals surface area contributed by atoms with Gasteiger partial charge in [-0.25, -0.2) is 0 Å². The molecule has 0 radical (unpaired) electrons. The van der Waals surface area contributed by atoms with Crippen LogP contribution in [0.3, 0.4) is 0 Å². The van der Waals surface area contributed by atoms with Crippen LogP contribution in [0.5, 0.6) is 0 Å². The van der Waals surface area contributed by atoms with E-state index in [4.69, 9.17) is 9.26 Å². The molecule has 1 aromatic rings. The Morgan fingerprint density at radius 2 is 1.96 bits per heavy atom. The summed E-state index contributed by atoms with van der Waals surface area (Å²) in [6.07, 6.45) is 2.28. The molecule has 2 saturated heterocycles. The standard InChI is InChI=1S/C19H30N4O4/c1-13-17(14(2)27-22-13)4-3-5-21-18(24)15-10-16(12-20-11-15)19(25)23-6-8-26-9-7-23/h15-16,20H,3-12H2,1-2H3,(H,21,24)/t15-,16+/m0/s1. The highest BCUT2D eigenvalue weighted by Gasteiger charge is 2.33. The van der Waals surface area contributed by atoms with Gasteiger partial charge in [0.25, 0.3) is 0 Å². The summed E-state index contributed by atoms with van der Waals surface area (Å²) in [6.45, 7) is 8.22. The fourth-order valence-corrected chi connectivity index (χ4v) is 3.85. The molecule has 0 bridgehead atoms. The Labute approximate surface area is 160 Å². The van der Waals surface area contributed by atoms with Crippen molar-refractivity contribution in [1.29, 1.82) is 0 Å². The predicted molar refractivity (Wildman–Crippen MR) is 99.2 cm³/mol. The van der Waals surface area contributed by atoms with Crippen LogP contribution in [0.4, 0.5) is 0 Å². The van der Waals surface area contributed by atoms with Crippen LogP contribution in [-0.4, -0.2) is 67.8 Å². The summed E-state index contributed by atoms with van der Waals surface area (Å²) in [5.41, 5.74) is 2.04. The van der Waals surface area contributed by atoms with Gasteiger partial charge in [-0.05, 0) is 33.1 Å². The smallest absolute Gasteiger partial charge is 0.227 e. The molecule has 150 valence electrons. The number of carbonyl (C=O) groups excluding carboxylic acids is 2. The highest BCUT2D eigenvalue weighted by atomic mass is 16.5. The zero-order chi connectivity index (χ0) is 19.2. The maximum absolute atomic E-state index is 12.7. The van der Waals surface area contributed by atoms with Gasteiger partial charge in [0.1, 0.15) is 5.76 Å². The third-order valence-corrected chi connectivity index (χ3v) is 5.48. The highest BCUT2D eigenvalue weighted by Crippen LogP contribution is 2.20. The van der Waals surface area contributed by atoms with Crippen LogP contribution < -0.4 is 10.6 Å². The third kappa shape index (κ3) is 5.07. The molecule has 2 fully saturated rings. The van der Waals surface area contributed by atoms with Crippen molar-refractivity contribution in [1.82, 2.24) is 20.7 Å². The van der Waals surface area contributed by atoms with E-state index in [0.717, 1.165) is 29.9 Å². The number of amides is 2. The number of aromatic nitrogens is 1. The number of nitrogens with zero attached hydrogens (tertiary/aromatic N) is 2. The lowest BCUT2D eigenvalue weighted by Gasteiger charge is -2.34. The fraction of sp³-hybridized carbons (Fsp3) is 0.737. The van der Waals surface area contributed by atoms with Gasteiger partial charge in [-0.15, -0.1) is 0 Å².